The van der Waals surface area contributed by atoms with Crippen LogP contribution in [0, 0.1) is 11.3 Å². The molecule has 0 fully saturated rings. The smallest absolute Gasteiger partial charge is 0.130 e. The van der Waals surface area contributed by atoms with Gasteiger partial charge in [0.05, 0.1) is 5.57 Å². The number of nitriles is 1. The van der Waals surface area contributed by atoms with Crippen LogP contribution in [0.15, 0.2) is 48.5 Å². The maximum atomic E-state index is 9.55. The summed E-state index contributed by atoms with van der Waals surface area (Å²) in [6.07, 6.45) is 0.840. The van der Waals surface area contributed by atoms with Gasteiger partial charge in [-0.15, -0.1) is 0 Å². The maximum absolute atomic E-state index is 9.55. The third-order valence-electron chi connectivity index (χ3n) is 3.84. The lowest BCUT2D eigenvalue weighted by Crippen LogP contribution is -2.20. The van der Waals surface area contributed by atoms with Gasteiger partial charge in [-0.3, -0.25) is 0 Å². The molecule has 1 aliphatic carbocycles. The van der Waals surface area contributed by atoms with Gasteiger partial charge in [0, 0.05) is 17.6 Å². The highest BCUT2D eigenvalue weighted by Gasteiger charge is 2.35. The lowest BCUT2D eigenvalue weighted by molar-refractivity contribution is 0.261. The SMILES string of the molecule is N#CC1=C2c3ccccc3CC2Oc2ccccc21. The summed E-state index contributed by atoms with van der Waals surface area (Å²) in [7, 11) is 0. The van der Waals surface area contributed by atoms with E-state index < -0.39 is 0 Å². The van der Waals surface area contributed by atoms with Crippen molar-refractivity contribution < 1.29 is 4.74 Å². The summed E-state index contributed by atoms with van der Waals surface area (Å²) in [6.45, 7) is 0. The number of hydrogen-bond acceptors (Lipinski definition) is 2. The van der Waals surface area contributed by atoms with Crippen molar-refractivity contribution in [3.8, 4) is 11.8 Å². The Morgan fingerprint density at radius 2 is 1.74 bits per heavy atom. The molecule has 1 aliphatic heterocycles. The molecule has 2 aromatic carbocycles. The van der Waals surface area contributed by atoms with E-state index in [0.717, 1.165) is 28.9 Å². The molecule has 1 atom stereocenters. The molecule has 4 rings (SSSR count). The van der Waals surface area contributed by atoms with Gasteiger partial charge in [0.15, 0.2) is 0 Å². The van der Waals surface area contributed by atoms with Gasteiger partial charge in [-0.1, -0.05) is 36.4 Å². The molecule has 1 heterocycles. The Morgan fingerprint density at radius 1 is 1.00 bits per heavy atom. The van der Waals surface area contributed by atoms with Crippen LogP contribution in [0.5, 0.6) is 5.75 Å². The first-order valence-electron chi connectivity index (χ1n) is 6.37. The number of fused-ring (bicyclic) bond motifs is 4. The number of benzene rings is 2. The van der Waals surface area contributed by atoms with Gasteiger partial charge in [-0.05, 0) is 23.3 Å². The molecule has 0 radical (unpaired) electrons. The van der Waals surface area contributed by atoms with E-state index >= 15 is 0 Å². The van der Waals surface area contributed by atoms with E-state index in [9.17, 15) is 5.26 Å². The fourth-order valence-corrected chi connectivity index (χ4v) is 3.03. The third-order valence-corrected chi connectivity index (χ3v) is 3.84. The van der Waals surface area contributed by atoms with E-state index in [0.29, 0.717) is 0 Å². The van der Waals surface area contributed by atoms with Crippen molar-refractivity contribution in [2.24, 2.45) is 0 Å². The van der Waals surface area contributed by atoms with Crippen LogP contribution in [0.4, 0.5) is 0 Å². The molecule has 0 saturated carbocycles. The van der Waals surface area contributed by atoms with E-state index in [1.54, 1.807) is 0 Å². The molecule has 19 heavy (non-hydrogen) atoms. The van der Waals surface area contributed by atoms with Gasteiger partial charge in [-0.2, -0.15) is 5.26 Å². The topological polar surface area (TPSA) is 33.0 Å². The quantitative estimate of drug-likeness (QED) is 0.712. The summed E-state index contributed by atoms with van der Waals surface area (Å²) in [5, 5.41) is 9.55. The summed E-state index contributed by atoms with van der Waals surface area (Å²) in [6, 6.07) is 18.4. The molecule has 0 aromatic heterocycles. The second kappa shape index (κ2) is 3.73. The highest BCUT2D eigenvalue weighted by atomic mass is 16.5. The summed E-state index contributed by atoms with van der Waals surface area (Å²) in [4.78, 5) is 0. The second-order valence-electron chi connectivity index (χ2n) is 4.86. The Morgan fingerprint density at radius 3 is 2.58 bits per heavy atom. The zero-order valence-corrected chi connectivity index (χ0v) is 10.3. The predicted molar refractivity (Wildman–Crippen MR) is 73.4 cm³/mol. The average Bonchev–Trinajstić information content (AvgIpc) is 2.82. The molecule has 90 valence electrons. The van der Waals surface area contributed by atoms with Gasteiger partial charge in [0.1, 0.15) is 17.9 Å². The van der Waals surface area contributed by atoms with Crippen molar-refractivity contribution in [2.45, 2.75) is 12.5 Å². The molecule has 0 bridgehead atoms. The summed E-state index contributed by atoms with van der Waals surface area (Å²) in [5.74, 6) is 0.820. The Bertz CT molecular complexity index is 752. The molecule has 0 spiro atoms. The van der Waals surface area contributed by atoms with Crippen molar-refractivity contribution >= 4 is 11.1 Å². The standard InChI is InChI=1S/C17H11NO/c18-10-14-13-7-3-4-8-15(13)19-16-9-11-5-1-2-6-12(11)17(14)16/h1-8,16H,9H2. The summed E-state index contributed by atoms with van der Waals surface area (Å²) >= 11 is 0. The number of ether oxygens (including phenoxy) is 1. The third kappa shape index (κ3) is 1.36. The number of rotatable bonds is 0. The van der Waals surface area contributed by atoms with E-state index in [2.05, 4.69) is 18.2 Å². The minimum atomic E-state index is -0.0121. The van der Waals surface area contributed by atoms with E-state index in [-0.39, 0.29) is 6.10 Å². The fraction of sp³-hybridized carbons (Fsp3) is 0.118. The first kappa shape index (κ1) is 10.4. The normalized spacial score (nSPS) is 19.0. The number of allylic oxidation sites excluding steroid dienone is 1. The van der Waals surface area contributed by atoms with Crippen LogP contribution in [-0.4, -0.2) is 6.10 Å². The van der Waals surface area contributed by atoms with E-state index in [1.807, 2.05) is 36.4 Å². The van der Waals surface area contributed by atoms with Crippen molar-refractivity contribution in [3.05, 3.63) is 65.2 Å². The lowest BCUT2D eigenvalue weighted by Gasteiger charge is -2.24. The maximum Gasteiger partial charge on any atom is 0.130 e. The van der Waals surface area contributed by atoms with Gasteiger partial charge in [0.25, 0.3) is 0 Å². The van der Waals surface area contributed by atoms with Crippen molar-refractivity contribution in [1.29, 1.82) is 5.26 Å². The summed E-state index contributed by atoms with van der Waals surface area (Å²) in [5.41, 5.74) is 5.16. The van der Waals surface area contributed by atoms with Gasteiger partial charge in [0.2, 0.25) is 0 Å². The highest BCUT2D eigenvalue weighted by Crippen LogP contribution is 2.45. The van der Waals surface area contributed by atoms with Gasteiger partial charge in [-0.25, -0.2) is 0 Å². The Hall–Kier alpha value is -2.53. The molecule has 0 N–H and O–H groups in total. The minimum absolute atomic E-state index is 0.0121. The molecule has 2 aromatic rings. The fourth-order valence-electron chi connectivity index (χ4n) is 3.03. The highest BCUT2D eigenvalue weighted by molar-refractivity contribution is 6.03. The molecule has 0 amide bonds. The Balaban J connectivity index is 2.03. The number of para-hydroxylation sites is 1. The van der Waals surface area contributed by atoms with Crippen LogP contribution in [-0.2, 0) is 6.42 Å². The number of hydrogen-bond donors (Lipinski definition) is 0. The lowest BCUT2D eigenvalue weighted by atomic mass is 9.93. The van der Waals surface area contributed by atoms with Crippen LogP contribution in [0.2, 0.25) is 0 Å². The second-order valence-corrected chi connectivity index (χ2v) is 4.86. The minimum Gasteiger partial charge on any atom is -0.485 e. The molecule has 2 nitrogen and oxygen atoms in total. The Labute approximate surface area is 111 Å². The largest absolute Gasteiger partial charge is 0.485 e. The first-order chi connectivity index (χ1) is 9.38. The van der Waals surface area contributed by atoms with Crippen LogP contribution >= 0.6 is 0 Å². The average molecular weight is 245 g/mol. The summed E-state index contributed by atoms with van der Waals surface area (Å²) < 4.78 is 6.06. The zero-order valence-electron chi connectivity index (χ0n) is 10.3. The molecule has 0 saturated heterocycles. The molecule has 1 unspecified atom stereocenters. The Kier molecular flexibility index (Phi) is 2.04. The molecular formula is C17H11NO. The van der Waals surface area contributed by atoms with E-state index in [4.69, 9.17) is 4.74 Å². The van der Waals surface area contributed by atoms with Crippen LogP contribution < -0.4 is 4.74 Å². The van der Waals surface area contributed by atoms with Crippen LogP contribution in [0.1, 0.15) is 16.7 Å². The molecule has 2 aliphatic rings. The number of nitrogens with zero attached hydrogens (tertiary/aromatic N) is 1. The van der Waals surface area contributed by atoms with Crippen LogP contribution in [0.3, 0.4) is 0 Å². The predicted octanol–water partition coefficient (Wildman–Crippen LogP) is 3.44. The van der Waals surface area contributed by atoms with Crippen molar-refractivity contribution in [1.82, 2.24) is 0 Å². The van der Waals surface area contributed by atoms with Crippen molar-refractivity contribution in [2.75, 3.05) is 0 Å². The van der Waals surface area contributed by atoms with E-state index in [1.165, 1.54) is 11.1 Å². The zero-order chi connectivity index (χ0) is 12.8. The first-order valence-corrected chi connectivity index (χ1v) is 6.37. The van der Waals surface area contributed by atoms with Gasteiger partial charge < -0.3 is 4.74 Å². The van der Waals surface area contributed by atoms with Gasteiger partial charge >= 0.3 is 0 Å². The monoisotopic (exact) mass is 245 g/mol. The molecular weight excluding hydrogens is 234 g/mol. The van der Waals surface area contributed by atoms with Crippen molar-refractivity contribution in [3.63, 3.8) is 0 Å². The van der Waals surface area contributed by atoms with Crippen LogP contribution in [0.25, 0.3) is 11.1 Å². The molecule has 2 heteroatoms.